The van der Waals surface area contributed by atoms with Crippen LogP contribution in [0.15, 0.2) is 36.9 Å². The summed E-state index contributed by atoms with van der Waals surface area (Å²) in [6, 6.07) is 4.31. The second-order valence-electron chi connectivity index (χ2n) is 8.03. The number of anilines is 1. The molecule has 186 valence electrons. The fraction of sp³-hybridized carbons (Fsp3) is 0.333. The molecule has 1 aliphatic rings. The molecule has 0 aliphatic carbocycles. The van der Waals surface area contributed by atoms with Gasteiger partial charge in [0.05, 0.1) is 17.0 Å². The van der Waals surface area contributed by atoms with Crippen molar-refractivity contribution in [1.29, 1.82) is 0 Å². The third-order valence-electron chi connectivity index (χ3n) is 5.56. The van der Waals surface area contributed by atoms with Crippen molar-refractivity contribution in [2.45, 2.75) is 25.1 Å². The van der Waals surface area contributed by atoms with Crippen LogP contribution in [0, 0.1) is 0 Å². The van der Waals surface area contributed by atoms with E-state index in [2.05, 4.69) is 20.3 Å². The number of nitrogens with one attached hydrogen (secondary N) is 1. The Balaban J connectivity index is 1.62. The molecule has 0 radical (unpaired) electrons. The minimum atomic E-state index is -4.72. The second-order valence-corrected chi connectivity index (χ2v) is 10.4. The third kappa shape index (κ3) is 5.63. The molecule has 1 aliphatic heterocycles. The summed E-state index contributed by atoms with van der Waals surface area (Å²) >= 11 is 6.21. The molecule has 4 rings (SSSR count). The number of carbonyl (C=O) groups excluding carboxylic acids is 1. The van der Waals surface area contributed by atoms with Gasteiger partial charge in [0.2, 0.25) is 16.0 Å². The molecule has 3 aromatic rings. The van der Waals surface area contributed by atoms with Gasteiger partial charge in [-0.25, -0.2) is 27.7 Å². The minimum Gasteiger partial charge on any atom is -0.351 e. The normalized spacial score (nSPS) is 15.8. The second kappa shape index (κ2) is 9.55. The highest BCUT2D eigenvalue weighted by Gasteiger charge is 2.36. The Kier molecular flexibility index (Phi) is 6.84. The Bertz CT molecular complexity index is 1350. The summed E-state index contributed by atoms with van der Waals surface area (Å²) in [7, 11) is -3.30. The summed E-state index contributed by atoms with van der Waals surface area (Å²) in [5.41, 5.74) is -0.738. The number of hydrogen-bond donors (Lipinski definition) is 1. The number of benzene rings is 1. The quantitative estimate of drug-likeness (QED) is 0.486. The zero-order valence-electron chi connectivity index (χ0n) is 18.3. The monoisotopic (exact) mass is 528 g/mol. The van der Waals surface area contributed by atoms with Gasteiger partial charge in [-0.15, -0.1) is 0 Å². The van der Waals surface area contributed by atoms with Gasteiger partial charge in [0.1, 0.15) is 29.6 Å². The third-order valence-corrected chi connectivity index (χ3v) is 7.17. The van der Waals surface area contributed by atoms with Gasteiger partial charge >= 0.3 is 6.18 Å². The molecule has 9 nitrogen and oxygen atoms in total. The maximum atomic E-state index is 13.7. The first-order valence-electron chi connectivity index (χ1n) is 10.4. The van der Waals surface area contributed by atoms with Gasteiger partial charge in [0.25, 0.3) is 0 Å². The number of nitrogens with zero attached hydrogens (tertiary/aromatic N) is 5. The van der Waals surface area contributed by atoms with Crippen LogP contribution in [0.25, 0.3) is 17.1 Å². The van der Waals surface area contributed by atoms with E-state index in [0.717, 1.165) is 6.26 Å². The van der Waals surface area contributed by atoms with Crippen molar-refractivity contribution in [3.05, 3.63) is 53.1 Å². The van der Waals surface area contributed by atoms with Crippen LogP contribution in [-0.2, 0) is 16.2 Å². The maximum absolute atomic E-state index is 13.7. The molecule has 1 fully saturated rings. The summed E-state index contributed by atoms with van der Waals surface area (Å²) in [5.74, 6) is -0.0197. The van der Waals surface area contributed by atoms with E-state index in [1.54, 1.807) is 6.07 Å². The molecule has 3 heterocycles. The molecule has 2 aromatic heterocycles. The number of aromatic nitrogens is 4. The lowest BCUT2D eigenvalue weighted by Crippen LogP contribution is -2.42. The van der Waals surface area contributed by atoms with Gasteiger partial charge < -0.3 is 9.88 Å². The van der Waals surface area contributed by atoms with Crippen LogP contribution in [-0.4, -0.2) is 63.9 Å². The molecular weight excluding hydrogens is 509 g/mol. The van der Waals surface area contributed by atoms with Crippen LogP contribution in [0.1, 0.15) is 28.8 Å². The van der Waals surface area contributed by atoms with E-state index in [4.69, 9.17) is 11.6 Å². The van der Waals surface area contributed by atoms with Crippen molar-refractivity contribution in [1.82, 2.24) is 23.8 Å². The average molecular weight is 529 g/mol. The van der Waals surface area contributed by atoms with Gasteiger partial charge in [0, 0.05) is 37.1 Å². The van der Waals surface area contributed by atoms with E-state index in [1.165, 1.54) is 33.5 Å². The highest BCUT2D eigenvalue weighted by molar-refractivity contribution is 7.88. The number of aldehydes is 1. The van der Waals surface area contributed by atoms with Gasteiger partial charge in [0.15, 0.2) is 0 Å². The van der Waals surface area contributed by atoms with Crippen LogP contribution < -0.4 is 5.32 Å². The largest absolute Gasteiger partial charge is 0.420 e. The summed E-state index contributed by atoms with van der Waals surface area (Å²) < 4.78 is 67.3. The van der Waals surface area contributed by atoms with Crippen LogP contribution in [0.2, 0.25) is 5.02 Å². The maximum Gasteiger partial charge on any atom is 0.420 e. The highest BCUT2D eigenvalue weighted by Crippen LogP contribution is 2.36. The SMILES string of the molecule is CS(=O)(=O)N1CCC(Nc2ncc(C(F)(F)F)c(-c3cn(-c4ccc(C=O)cc4Cl)cn3)n2)CC1. The molecule has 35 heavy (non-hydrogen) atoms. The first kappa shape index (κ1) is 25.1. The lowest BCUT2D eigenvalue weighted by molar-refractivity contribution is -0.137. The fourth-order valence-corrected chi connectivity index (χ4v) is 4.91. The molecule has 0 amide bonds. The van der Waals surface area contributed by atoms with E-state index in [9.17, 15) is 26.4 Å². The van der Waals surface area contributed by atoms with Crippen molar-refractivity contribution in [2.75, 3.05) is 24.7 Å². The first-order valence-corrected chi connectivity index (χ1v) is 12.6. The molecule has 1 saturated heterocycles. The number of halogens is 4. The smallest absolute Gasteiger partial charge is 0.351 e. The topological polar surface area (TPSA) is 110 Å². The molecule has 0 atom stereocenters. The molecule has 0 spiro atoms. The van der Waals surface area contributed by atoms with Crippen molar-refractivity contribution in [3.63, 3.8) is 0 Å². The van der Waals surface area contributed by atoms with Gasteiger partial charge in [-0.05, 0) is 31.0 Å². The number of imidazole rings is 1. The predicted octanol–water partition coefficient (Wildman–Crippen LogP) is 3.65. The van der Waals surface area contributed by atoms with Crippen LogP contribution in [0.5, 0.6) is 0 Å². The van der Waals surface area contributed by atoms with Crippen molar-refractivity contribution in [3.8, 4) is 17.1 Å². The fourth-order valence-electron chi connectivity index (χ4n) is 3.75. The standard InChI is InChI=1S/C21H20ClF3N6O3S/c1-35(33,34)31-6-4-14(5-7-31)28-20-26-9-15(21(23,24)25)19(29-20)17-10-30(12-27-17)18-3-2-13(11-32)8-16(18)22/h2-3,8-12,14H,4-7H2,1H3,(H,26,28,29). The van der Waals surface area contributed by atoms with Gasteiger partial charge in [-0.2, -0.15) is 13.2 Å². The summed E-state index contributed by atoms with van der Waals surface area (Å²) in [6.07, 6.45) is 1.30. The van der Waals surface area contributed by atoms with Crippen LogP contribution >= 0.6 is 11.6 Å². The predicted molar refractivity (Wildman–Crippen MR) is 123 cm³/mol. The van der Waals surface area contributed by atoms with E-state index in [-0.39, 0.29) is 35.8 Å². The van der Waals surface area contributed by atoms with Crippen LogP contribution in [0.4, 0.5) is 19.1 Å². The Hall–Kier alpha value is -3.03. The number of carbonyl (C=O) groups is 1. The molecule has 0 unspecified atom stereocenters. The number of sulfonamides is 1. The number of hydrogen-bond acceptors (Lipinski definition) is 7. The summed E-state index contributed by atoms with van der Waals surface area (Å²) in [5, 5.41) is 3.22. The Morgan fingerprint density at radius 2 is 1.91 bits per heavy atom. The number of rotatable bonds is 6. The molecule has 1 aromatic carbocycles. The zero-order chi connectivity index (χ0) is 25.4. The van der Waals surface area contributed by atoms with E-state index < -0.39 is 27.5 Å². The Morgan fingerprint density at radius 1 is 1.20 bits per heavy atom. The lowest BCUT2D eigenvalue weighted by Gasteiger charge is -2.30. The molecule has 1 N–H and O–H groups in total. The molecular formula is C21H20ClF3N6O3S. The summed E-state index contributed by atoms with van der Waals surface area (Å²) in [6.45, 7) is 0.579. The summed E-state index contributed by atoms with van der Waals surface area (Å²) in [4.78, 5) is 22.9. The molecule has 0 saturated carbocycles. The van der Waals surface area contributed by atoms with Crippen molar-refractivity contribution in [2.24, 2.45) is 0 Å². The first-order chi connectivity index (χ1) is 16.5. The van der Waals surface area contributed by atoms with E-state index in [1.807, 2.05) is 0 Å². The van der Waals surface area contributed by atoms with Gasteiger partial charge in [-0.3, -0.25) is 4.79 Å². The molecule has 0 bridgehead atoms. The van der Waals surface area contributed by atoms with Crippen molar-refractivity contribution >= 4 is 33.9 Å². The van der Waals surface area contributed by atoms with E-state index >= 15 is 0 Å². The zero-order valence-corrected chi connectivity index (χ0v) is 19.9. The minimum absolute atomic E-state index is 0.0197. The van der Waals surface area contributed by atoms with Gasteiger partial charge in [-0.1, -0.05) is 11.6 Å². The van der Waals surface area contributed by atoms with Crippen LogP contribution in [0.3, 0.4) is 0 Å². The lowest BCUT2D eigenvalue weighted by atomic mass is 10.1. The van der Waals surface area contributed by atoms with E-state index in [0.29, 0.717) is 36.6 Å². The molecule has 14 heteroatoms. The number of piperidine rings is 1. The highest BCUT2D eigenvalue weighted by atomic mass is 35.5. The Labute approximate surface area is 204 Å². The van der Waals surface area contributed by atoms with Crippen molar-refractivity contribution < 1.29 is 26.4 Å². The Morgan fingerprint density at radius 3 is 2.51 bits per heavy atom. The number of alkyl halides is 3. The average Bonchev–Trinajstić information content (AvgIpc) is 3.28.